The van der Waals surface area contributed by atoms with E-state index in [0.717, 1.165) is 37.8 Å². The normalized spacial score (nSPS) is 24.7. The van der Waals surface area contributed by atoms with Crippen molar-refractivity contribution in [1.29, 1.82) is 0 Å². The summed E-state index contributed by atoms with van der Waals surface area (Å²) in [5, 5.41) is 28.3. The third-order valence-electron chi connectivity index (χ3n) is 13.8. The summed E-state index contributed by atoms with van der Waals surface area (Å²) >= 11 is 0. The minimum absolute atomic E-state index is 0.132. The summed E-state index contributed by atoms with van der Waals surface area (Å²) in [5.74, 6) is -0.634. The third kappa shape index (κ3) is 18.0. The van der Waals surface area contributed by atoms with Crippen molar-refractivity contribution in [3.63, 3.8) is 0 Å². The number of rotatable bonds is 21. The molecule has 8 atom stereocenters. The van der Waals surface area contributed by atoms with E-state index in [4.69, 9.17) is 5.73 Å². The van der Waals surface area contributed by atoms with Crippen LogP contribution in [-0.2, 0) is 35.2 Å². The molecule has 0 bridgehead atoms. The fourth-order valence-electron chi connectivity index (χ4n) is 9.84. The summed E-state index contributed by atoms with van der Waals surface area (Å²) in [7, 11) is 1.83. The van der Waals surface area contributed by atoms with Crippen LogP contribution in [0.25, 0.3) is 0 Å². The van der Waals surface area contributed by atoms with Gasteiger partial charge < -0.3 is 52.5 Å². The van der Waals surface area contributed by atoms with Crippen molar-refractivity contribution >= 4 is 35.4 Å². The molecular formula is C51H85N9O7. The van der Waals surface area contributed by atoms with Gasteiger partial charge in [-0.3, -0.25) is 28.8 Å². The van der Waals surface area contributed by atoms with E-state index >= 15 is 0 Å². The van der Waals surface area contributed by atoms with Crippen LogP contribution in [0.1, 0.15) is 148 Å². The monoisotopic (exact) mass is 936 g/mol. The summed E-state index contributed by atoms with van der Waals surface area (Å²) in [4.78, 5) is 87.5. The van der Waals surface area contributed by atoms with E-state index in [0.29, 0.717) is 108 Å². The average molecular weight is 936 g/mol. The van der Waals surface area contributed by atoms with Crippen LogP contribution in [0.3, 0.4) is 0 Å². The van der Waals surface area contributed by atoms with Gasteiger partial charge in [-0.25, -0.2) is 0 Å². The van der Waals surface area contributed by atoms with Gasteiger partial charge in [0.05, 0.1) is 6.04 Å². The van der Waals surface area contributed by atoms with Gasteiger partial charge >= 0.3 is 0 Å². The molecule has 16 heteroatoms. The second-order valence-corrected chi connectivity index (χ2v) is 19.5. The van der Waals surface area contributed by atoms with Gasteiger partial charge in [0.15, 0.2) is 0 Å². The van der Waals surface area contributed by atoms with Gasteiger partial charge in [0.25, 0.3) is 0 Å². The summed E-state index contributed by atoms with van der Waals surface area (Å²) < 4.78 is 0. The topological polar surface area (TPSA) is 227 Å². The van der Waals surface area contributed by atoms with Crippen LogP contribution in [-0.4, -0.2) is 126 Å². The van der Waals surface area contributed by atoms with E-state index < -0.39 is 48.1 Å². The lowest BCUT2D eigenvalue weighted by Gasteiger charge is -2.33. The van der Waals surface area contributed by atoms with Crippen molar-refractivity contribution in [2.45, 2.75) is 185 Å². The van der Waals surface area contributed by atoms with E-state index in [9.17, 15) is 33.9 Å². The number of phenolic OH excluding ortho intramolecular Hbond substituents is 1. The highest BCUT2D eigenvalue weighted by atomic mass is 16.3. The fraction of sp³-hybridized carbons (Fsp3) is 0.725. The van der Waals surface area contributed by atoms with Crippen LogP contribution in [0.2, 0.25) is 0 Å². The van der Waals surface area contributed by atoms with Gasteiger partial charge in [-0.15, -0.1) is 0 Å². The number of phenols is 1. The Bertz CT molecular complexity index is 1740. The highest BCUT2D eigenvalue weighted by Gasteiger charge is 2.40. The molecule has 2 unspecified atom stereocenters. The number of nitrogens with zero attached hydrogens (tertiary/aromatic N) is 2. The van der Waals surface area contributed by atoms with Crippen molar-refractivity contribution in [3.8, 4) is 5.75 Å². The van der Waals surface area contributed by atoms with Gasteiger partial charge in [-0.1, -0.05) is 78.0 Å². The highest BCUT2D eigenvalue weighted by molar-refractivity contribution is 5.94. The van der Waals surface area contributed by atoms with Crippen molar-refractivity contribution in [3.05, 3.63) is 42.1 Å². The lowest BCUT2D eigenvalue weighted by Crippen LogP contribution is -2.57. The Hall–Kier alpha value is -4.70. The number of carbonyl (C=O) groups is 6. The van der Waals surface area contributed by atoms with Crippen LogP contribution in [0.5, 0.6) is 5.75 Å². The molecule has 3 aliphatic heterocycles. The molecule has 376 valence electrons. The first kappa shape index (κ1) is 54.9. The molecule has 0 radical (unpaired) electrons. The molecule has 0 saturated carbocycles. The molecule has 1 aromatic carbocycles. The quantitative estimate of drug-likeness (QED) is 0.0816. The number of benzene rings is 1. The number of nitrogens with one attached hydrogen (secondary N) is 6. The molecule has 3 saturated heterocycles. The first-order chi connectivity index (χ1) is 32.3. The minimum Gasteiger partial charge on any atom is -0.508 e. The van der Waals surface area contributed by atoms with Crippen molar-refractivity contribution in [2.24, 2.45) is 17.6 Å². The van der Waals surface area contributed by atoms with Crippen LogP contribution >= 0.6 is 0 Å². The summed E-state index contributed by atoms with van der Waals surface area (Å²) in [5.41, 5.74) is 7.17. The Balaban J connectivity index is 1.50. The second-order valence-electron chi connectivity index (χ2n) is 19.5. The number of aryl methyl sites for hydroxylation is 1. The van der Waals surface area contributed by atoms with Crippen LogP contribution < -0.4 is 37.6 Å². The number of aromatic hydroxyl groups is 1. The van der Waals surface area contributed by atoms with E-state index in [1.165, 1.54) is 19.3 Å². The van der Waals surface area contributed by atoms with Gasteiger partial charge in [-0.2, -0.15) is 0 Å². The lowest BCUT2D eigenvalue weighted by molar-refractivity contribution is -0.141. The van der Waals surface area contributed by atoms with E-state index in [1.807, 2.05) is 14.0 Å². The Morgan fingerprint density at radius 3 is 2.10 bits per heavy atom. The summed E-state index contributed by atoms with van der Waals surface area (Å²) in [6.45, 7) is 13.1. The maximum Gasteiger partial charge on any atom is 0.245 e. The summed E-state index contributed by atoms with van der Waals surface area (Å²) in [6, 6.07) is 2.07. The highest BCUT2D eigenvalue weighted by Crippen LogP contribution is 2.25. The molecule has 6 amide bonds. The fourth-order valence-corrected chi connectivity index (χ4v) is 9.84. The third-order valence-corrected chi connectivity index (χ3v) is 13.8. The van der Waals surface area contributed by atoms with E-state index in [-0.39, 0.29) is 48.8 Å². The maximum atomic E-state index is 14.4. The standard InChI is InChI=1S/C51H85N9O7/c1-6-40-50(66)59-31-15-20-44(59)37(4)55-42(28-25-38-23-26-39(61)27-24-38)48(64)58-43(19-13-29-53-5)51(67)60-32-16-21-45(60)49(65)54-30-14-18-41(47(63)57-40)56-46(62)22-12-10-8-7-9-11-17-35(2)33-36(3)34-52/h23-24,26-27,35-36,40-45,53,55,61H,4,6-22,25,28-34,52H2,1-3,5H3,(H,54,65)(H,56,62)(H,57,63)(H,58,64)/t35?,36?,40-,41-,42-,43-,44-,45-/m0/s1. The molecule has 9 N–H and O–H groups in total. The van der Waals surface area contributed by atoms with Crippen molar-refractivity contribution in [2.75, 3.05) is 39.8 Å². The molecule has 0 aromatic heterocycles. The number of unbranched alkanes of at least 4 members (excludes halogenated alkanes) is 5. The number of hydrogen-bond donors (Lipinski definition) is 8. The zero-order valence-corrected chi connectivity index (χ0v) is 41.2. The molecule has 67 heavy (non-hydrogen) atoms. The van der Waals surface area contributed by atoms with Gasteiger partial charge in [-0.05, 0) is 133 Å². The summed E-state index contributed by atoms with van der Waals surface area (Å²) in [6.07, 6.45) is 13.9. The zero-order valence-electron chi connectivity index (χ0n) is 41.2. The number of nitrogens with two attached hydrogens (primary N) is 1. The van der Waals surface area contributed by atoms with Gasteiger partial charge in [0, 0.05) is 31.8 Å². The molecule has 0 spiro atoms. The maximum absolute atomic E-state index is 14.4. The molecule has 16 nitrogen and oxygen atoms in total. The number of fused-ring (bicyclic) bond motifs is 2. The first-order valence-corrected chi connectivity index (χ1v) is 25.6. The Labute approximate surface area is 400 Å². The molecule has 4 rings (SSSR count). The predicted molar refractivity (Wildman–Crippen MR) is 262 cm³/mol. The van der Waals surface area contributed by atoms with Crippen LogP contribution in [0.4, 0.5) is 0 Å². The molecule has 1 aromatic rings. The molecule has 0 aliphatic carbocycles. The first-order valence-electron chi connectivity index (χ1n) is 25.6. The zero-order chi connectivity index (χ0) is 48.7. The van der Waals surface area contributed by atoms with Gasteiger partial charge in [0.1, 0.15) is 36.0 Å². The number of carbonyl (C=O) groups excluding carboxylic acids is 6. The van der Waals surface area contributed by atoms with E-state index in [1.54, 1.807) is 34.1 Å². The minimum atomic E-state index is -0.926. The Morgan fingerprint density at radius 2 is 1.42 bits per heavy atom. The number of hydrogen-bond acceptors (Lipinski definition) is 10. The molecule has 3 aliphatic rings. The Kier molecular flexibility index (Phi) is 24.0. The van der Waals surface area contributed by atoms with Crippen molar-refractivity contribution in [1.82, 2.24) is 41.7 Å². The predicted octanol–water partition coefficient (Wildman–Crippen LogP) is 4.29. The smallest absolute Gasteiger partial charge is 0.245 e. The molecular weight excluding hydrogens is 851 g/mol. The average Bonchev–Trinajstić information content (AvgIpc) is 4.02. The van der Waals surface area contributed by atoms with Crippen LogP contribution in [0, 0.1) is 11.8 Å². The molecule has 3 fully saturated rings. The SMILES string of the molecule is C=C1N[C@@H](CCc2ccc(O)cc2)C(=O)N[C@@H](CCCNC)C(=O)N2CCC[C@H]2C(=O)NCCC[C@H](NC(=O)CCCCCCCCC(C)CC(C)CN)C(=O)N[C@@H](CC)C(=O)N2CCC[C@@H]12. The van der Waals surface area contributed by atoms with Crippen LogP contribution in [0.15, 0.2) is 36.5 Å². The van der Waals surface area contributed by atoms with Crippen molar-refractivity contribution < 1.29 is 33.9 Å². The van der Waals surface area contributed by atoms with E-state index in [2.05, 4.69) is 52.3 Å². The number of amides is 6. The Morgan fingerprint density at radius 1 is 0.776 bits per heavy atom. The largest absolute Gasteiger partial charge is 0.508 e. The van der Waals surface area contributed by atoms with Gasteiger partial charge in [0.2, 0.25) is 35.4 Å². The molecule has 3 heterocycles. The lowest BCUT2D eigenvalue weighted by atomic mass is 9.92. The second kappa shape index (κ2) is 29.2.